The lowest BCUT2D eigenvalue weighted by atomic mass is 9.96. The van der Waals surface area contributed by atoms with E-state index in [1.54, 1.807) is 13.8 Å². The Morgan fingerprint density at radius 2 is 1.48 bits per heavy atom. The number of carboxylic acids is 2. The van der Waals surface area contributed by atoms with Crippen molar-refractivity contribution in [1.82, 2.24) is 0 Å². The van der Waals surface area contributed by atoms with Crippen molar-refractivity contribution in [3.63, 3.8) is 0 Å². The second-order valence-corrected chi connectivity index (χ2v) is 5.71. The lowest BCUT2D eigenvalue weighted by Gasteiger charge is -2.23. The molecule has 8 heteroatoms. The largest absolute Gasteiger partial charge is 0.481 e. The molecule has 0 heterocycles. The molecule has 0 aliphatic heterocycles. The van der Waals surface area contributed by atoms with Crippen LogP contribution >= 0.6 is 0 Å². The van der Waals surface area contributed by atoms with Crippen molar-refractivity contribution in [1.29, 1.82) is 0 Å². The van der Waals surface area contributed by atoms with E-state index in [1.165, 1.54) is 0 Å². The van der Waals surface area contributed by atoms with Crippen molar-refractivity contribution in [3.05, 3.63) is 12.2 Å². The molecule has 0 saturated heterocycles. The topological polar surface area (TPSA) is 127 Å². The minimum Gasteiger partial charge on any atom is -0.481 e. The van der Waals surface area contributed by atoms with Crippen molar-refractivity contribution in [2.45, 2.75) is 39.5 Å². The molecule has 0 aliphatic carbocycles. The van der Waals surface area contributed by atoms with Crippen LogP contribution in [0.15, 0.2) is 12.2 Å². The predicted molar refractivity (Wildman–Crippen MR) is 78.6 cm³/mol. The number of carboxylic acid groups (broad SMARTS) is 2. The van der Waals surface area contributed by atoms with Crippen LogP contribution in [0.25, 0.3) is 0 Å². The molecule has 0 fully saturated rings. The summed E-state index contributed by atoms with van der Waals surface area (Å²) < 4.78 is 9.92. The molecule has 130 valence electrons. The summed E-state index contributed by atoms with van der Waals surface area (Å²) in [5, 5.41) is 16.8. The van der Waals surface area contributed by atoms with E-state index in [-0.39, 0.29) is 26.1 Å². The molecule has 0 atom stereocenters. The maximum Gasteiger partial charge on any atom is 0.331 e. The Morgan fingerprint density at radius 3 is 2.04 bits per heavy atom. The van der Waals surface area contributed by atoms with Gasteiger partial charge in [-0.05, 0) is 12.8 Å². The van der Waals surface area contributed by atoms with Crippen LogP contribution in [0.3, 0.4) is 0 Å². The first-order valence-corrected chi connectivity index (χ1v) is 7.07. The molecule has 0 radical (unpaired) electrons. The highest BCUT2D eigenvalue weighted by molar-refractivity contribution is 5.90. The molecule has 2 N–H and O–H groups in total. The van der Waals surface area contributed by atoms with Crippen LogP contribution in [0.2, 0.25) is 0 Å². The van der Waals surface area contributed by atoms with Gasteiger partial charge in [0.15, 0.2) is 0 Å². The van der Waals surface area contributed by atoms with Gasteiger partial charge < -0.3 is 19.7 Å². The third-order valence-corrected chi connectivity index (χ3v) is 2.61. The molecule has 0 saturated carbocycles. The quantitative estimate of drug-likeness (QED) is 0.330. The van der Waals surface area contributed by atoms with Crippen molar-refractivity contribution in [2.75, 3.05) is 13.2 Å². The Kier molecular flexibility index (Phi) is 9.29. The molecule has 0 bridgehead atoms. The summed E-state index contributed by atoms with van der Waals surface area (Å²) in [7, 11) is 0. The maximum absolute atomic E-state index is 11.5. The van der Waals surface area contributed by atoms with Gasteiger partial charge >= 0.3 is 23.9 Å². The van der Waals surface area contributed by atoms with Gasteiger partial charge in [0.25, 0.3) is 0 Å². The minimum atomic E-state index is -1.25. The Labute approximate surface area is 134 Å². The Morgan fingerprint density at radius 1 is 0.913 bits per heavy atom. The summed E-state index contributed by atoms with van der Waals surface area (Å²) in [5.74, 6) is -3.39. The second-order valence-electron chi connectivity index (χ2n) is 5.71. The molecule has 0 aromatic heterocycles. The van der Waals surface area contributed by atoms with Crippen LogP contribution in [0, 0.1) is 5.41 Å². The fourth-order valence-corrected chi connectivity index (χ4v) is 1.39. The van der Waals surface area contributed by atoms with E-state index < -0.39 is 29.3 Å². The van der Waals surface area contributed by atoms with E-state index in [0.29, 0.717) is 18.9 Å². The highest BCUT2D eigenvalue weighted by Gasteiger charge is 2.22. The number of hydrogen-bond acceptors (Lipinski definition) is 6. The zero-order valence-electron chi connectivity index (χ0n) is 13.2. The standard InChI is InChI=1S/C15H22O8/c1-15(2,10-23-14(21)8-7-12(18)19)9-22-13(20)6-4-3-5-11(16)17/h7-8H,3-6,9-10H2,1-2H3,(H,16,17)(H,18,19)/b8-7-. The predicted octanol–water partition coefficient (Wildman–Crippen LogP) is 1.38. The van der Waals surface area contributed by atoms with Gasteiger partial charge in [-0.3, -0.25) is 9.59 Å². The van der Waals surface area contributed by atoms with Gasteiger partial charge in [0.2, 0.25) is 0 Å². The number of hydrogen-bond donors (Lipinski definition) is 2. The Bertz CT molecular complexity index is 464. The van der Waals surface area contributed by atoms with Gasteiger partial charge in [-0.1, -0.05) is 13.8 Å². The maximum atomic E-state index is 11.5. The number of aliphatic carboxylic acids is 2. The average molecular weight is 330 g/mol. The zero-order valence-corrected chi connectivity index (χ0v) is 13.2. The SMILES string of the molecule is CC(C)(COC(=O)/C=C\C(=O)O)COC(=O)CCCCC(=O)O. The summed E-state index contributed by atoms with van der Waals surface area (Å²) in [4.78, 5) is 43.3. The summed E-state index contributed by atoms with van der Waals surface area (Å²) in [5.41, 5.74) is -0.622. The van der Waals surface area contributed by atoms with Gasteiger partial charge in [0, 0.05) is 30.4 Å². The molecule has 0 spiro atoms. The molecule has 0 aromatic rings. The van der Waals surface area contributed by atoms with Gasteiger partial charge in [-0.25, -0.2) is 9.59 Å². The van der Waals surface area contributed by atoms with Crippen molar-refractivity contribution >= 4 is 23.9 Å². The number of unbranched alkanes of at least 4 members (excludes halogenated alkanes) is 1. The highest BCUT2D eigenvalue weighted by Crippen LogP contribution is 2.17. The van der Waals surface area contributed by atoms with Crippen LogP contribution in [0.4, 0.5) is 0 Å². The van der Waals surface area contributed by atoms with E-state index >= 15 is 0 Å². The van der Waals surface area contributed by atoms with E-state index in [1.807, 2.05) is 0 Å². The van der Waals surface area contributed by atoms with E-state index in [0.717, 1.165) is 6.08 Å². The van der Waals surface area contributed by atoms with Crippen molar-refractivity contribution in [3.8, 4) is 0 Å². The summed E-state index contributed by atoms with van der Waals surface area (Å²) in [6.07, 6.45) is 2.45. The molecular weight excluding hydrogens is 308 g/mol. The first-order chi connectivity index (χ1) is 10.6. The third-order valence-electron chi connectivity index (χ3n) is 2.61. The first kappa shape index (κ1) is 20.6. The van der Waals surface area contributed by atoms with Gasteiger partial charge in [0.05, 0.1) is 13.2 Å². The molecule has 0 aliphatic rings. The lowest BCUT2D eigenvalue weighted by molar-refractivity contribution is -0.151. The summed E-state index contributed by atoms with van der Waals surface area (Å²) in [6, 6.07) is 0. The number of rotatable bonds is 11. The van der Waals surface area contributed by atoms with E-state index in [9.17, 15) is 19.2 Å². The number of carbonyl (C=O) groups excluding carboxylic acids is 2. The molecule has 0 unspecified atom stereocenters. The molecular formula is C15H22O8. The van der Waals surface area contributed by atoms with Crippen LogP contribution in [0.1, 0.15) is 39.5 Å². The first-order valence-electron chi connectivity index (χ1n) is 7.07. The van der Waals surface area contributed by atoms with Crippen molar-refractivity contribution < 1.29 is 38.9 Å². The molecule has 8 nitrogen and oxygen atoms in total. The number of ether oxygens (including phenoxy) is 2. The van der Waals surface area contributed by atoms with E-state index in [4.69, 9.17) is 19.7 Å². The van der Waals surface area contributed by atoms with Crippen LogP contribution in [0.5, 0.6) is 0 Å². The lowest BCUT2D eigenvalue weighted by Crippen LogP contribution is -2.28. The normalized spacial score (nSPS) is 11.2. The van der Waals surface area contributed by atoms with Gasteiger partial charge in [0.1, 0.15) is 0 Å². The Hall–Kier alpha value is -2.38. The van der Waals surface area contributed by atoms with Crippen LogP contribution in [-0.4, -0.2) is 47.3 Å². The summed E-state index contributed by atoms with van der Waals surface area (Å²) >= 11 is 0. The van der Waals surface area contributed by atoms with Crippen molar-refractivity contribution in [2.24, 2.45) is 5.41 Å². The molecule has 0 rings (SSSR count). The molecule has 0 aromatic carbocycles. The fourth-order valence-electron chi connectivity index (χ4n) is 1.39. The van der Waals surface area contributed by atoms with E-state index in [2.05, 4.69) is 0 Å². The zero-order chi connectivity index (χ0) is 17.9. The Balaban J connectivity index is 3.98. The van der Waals surface area contributed by atoms with Crippen LogP contribution < -0.4 is 0 Å². The minimum absolute atomic E-state index is 0.0125. The highest BCUT2D eigenvalue weighted by atomic mass is 16.5. The molecule has 0 amide bonds. The fraction of sp³-hybridized carbons (Fsp3) is 0.600. The monoisotopic (exact) mass is 330 g/mol. The van der Waals surface area contributed by atoms with Gasteiger partial charge in [-0.15, -0.1) is 0 Å². The van der Waals surface area contributed by atoms with Crippen LogP contribution in [-0.2, 0) is 28.7 Å². The summed E-state index contributed by atoms with van der Waals surface area (Å²) in [6.45, 7) is 3.43. The third kappa shape index (κ3) is 13.0. The molecule has 23 heavy (non-hydrogen) atoms. The van der Waals surface area contributed by atoms with Gasteiger partial charge in [-0.2, -0.15) is 0 Å². The average Bonchev–Trinajstić information content (AvgIpc) is 2.45. The smallest absolute Gasteiger partial charge is 0.331 e. The number of esters is 2. The number of carbonyl (C=O) groups is 4. The second kappa shape index (κ2) is 10.4.